The third-order valence-electron chi connectivity index (χ3n) is 3.91. The number of nitrogens with one attached hydrogen (secondary N) is 1. The number of hydrazone groups is 1. The summed E-state index contributed by atoms with van der Waals surface area (Å²) < 4.78 is 15.8. The van der Waals surface area contributed by atoms with Crippen molar-refractivity contribution in [2.45, 2.75) is 26.2 Å². The zero-order chi connectivity index (χ0) is 19.5. The van der Waals surface area contributed by atoms with E-state index in [1.54, 1.807) is 32.6 Å². The zero-order valence-electron chi connectivity index (χ0n) is 16.0. The van der Waals surface area contributed by atoms with E-state index in [1.807, 2.05) is 37.3 Å². The van der Waals surface area contributed by atoms with Gasteiger partial charge in [0.1, 0.15) is 5.75 Å². The highest BCUT2D eigenvalue weighted by Crippen LogP contribution is 2.26. The van der Waals surface area contributed by atoms with Crippen LogP contribution in [-0.2, 0) is 11.2 Å². The summed E-state index contributed by atoms with van der Waals surface area (Å²) in [4.78, 5) is 11.9. The Hall–Kier alpha value is -3.02. The van der Waals surface area contributed by atoms with Gasteiger partial charge in [-0.05, 0) is 61.2 Å². The molecule has 0 aliphatic heterocycles. The first kappa shape index (κ1) is 20.3. The number of ether oxygens (including phenoxy) is 3. The van der Waals surface area contributed by atoms with Crippen LogP contribution in [0.15, 0.2) is 47.6 Å². The lowest BCUT2D eigenvalue weighted by atomic mass is 10.1. The molecule has 1 amide bonds. The first-order chi connectivity index (χ1) is 13.2. The smallest absolute Gasteiger partial charge is 0.240 e. The van der Waals surface area contributed by atoms with Crippen molar-refractivity contribution in [3.63, 3.8) is 0 Å². The van der Waals surface area contributed by atoms with Crippen LogP contribution in [0.25, 0.3) is 0 Å². The number of methoxy groups -OCH3 is 2. The summed E-state index contributed by atoms with van der Waals surface area (Å²) in [6.07, 6.45) is 3.58. The zero-order valence-corrected chi connectivity index (χ0v) is 16.0. The van der Waals surface area contributed by atoms with Crippen LogP contribution in [0.1, 0.15) is 30.9 Å². The lowest BCUT2D eigenvalue weighted by Gasteiger charge is -2.07. The van der Waals surface area contributed by atoms with Crippen LogP contribution in [-0.4, -0.2) is 32.9 Å². The van der Waals surface area contributed by atoms with E-state index in [0.717, 1.165) is 24.2 Å². The fraction of sp³-hybridized carbons (Fsp3) is 0.333. The van der Waals surface area contributed by atoms with Gasteiger partial charge in [-0.2, -0.15) is 5.10 Å². The van der Waals surface area contributed by atoms with Gasteiger partial charge in [0, 0.05) is 6.42 Å². The first-order valence-electron chi connectivity index (χ1n) is 8.92. The minimum Gasteiger partial charge on any atom is -0.494 e. The monoisotopic (exact) mass is 370 g/mol. The number of benzene rings is 2. The highest BCUT2D eigenvalue weighted by atomic mass is 16.5. The fourth-order valence-corrected chi connectivity index (χ4v) is 2.54. The predicted molar refractivity (Wildman–Crippen MR) is 106 cm³/mol. The number of carbonyl (C=O) groups is 1. The molecular formula is C21H26N2O4. The number of hydrogen-bond acceptors (Lipinski definition) is 5. The second kappa shape index (κ2) is 10.9. The standard InChI is InChI=1S/C21H26N2O4/c1-4-27-18-11-8-16(9-12-18)6-5-7-21(24)23-22-15-17-10-13-19(25-2)20(14-17)26-3/h8-15H,4-7H2,1-3H3,(H,23,24). The van der Waals surface area contributed by atoms with Crippen molar-refractivity contribution in [2.75, 3.05) is 20.8 Å². The topological polar surface area (TPSA) is 69.2 Å². The van der Waals surface area contributed by atoms with Crippen LogP contribution in [0.3, 0.4) is 0 Å². The number of amides is 1. The van der Waals surface area contributed by atoms with Crippen molar-refractivity contribution in [3.05, 3.63) is 53.6 Å². The summed E-state index contributed by atoms with van der Waals surface area (Å²) in [5.74, 6) is 2.01. The number of hydrogen-bond donors (Lipinski definition) is 1. The molecule has 27 heavy (non-hydrogen) atoms. The average molecular weight is 370 g/mol. The van der Waals surface area contributed by atoms with Crippen molar-refractivity contribution in [3.8, 4) is 17.2 Å². The molecule has 2 aromatic rings. The number of rotatable bonds is 10. The highest BCUT2D eigenvalue weighted by Gasteiger charge is 2.04. The van der Waals surface area contributed by atoms with Gasteiger partial charge in [0.05, 0.1) is 27.0 Å². The van der Waals surface area contributed by atoms with Crippen molar-refractivity contribution in [2.24, 2.45) is 5.10 Å². The van der Waals surface area contributed by atoms with Crippen LogP contribution in [0, 0.1) is 0 Å². The normalized spacial score (nSPS) is 10.6. The van der Waals surface area contributed by atoms with Crippen LogP contribution in [0.5, 0.6) is 17.2 Å². The van der Waals surface area contributed by atoms with E-state index >= 15 is 0 Å². The van der Waals surface area contributed by atoms with Crippen molar-refractivity contribution < 1.29 is 19.0 Å². The van der Waals surface area contributed by atoms with E-state index in [9.17, 15) is 4.79 Å². The number of carbonyl (C=O) groups excluding carboxylic acids is 1. The second-order valence-electron chi connectivity index (χ2n) is 5.84. The Labute approximate surface area is 160 Å². The molecule has 6 heteroatoms. The average Bonchev–Trinajstić information content (AvgIpc) is 2.69. The van der Waals surface area contributed by atoms with Crippen LogP contribution in [0.4, 0.5) is 0 Å². The summed E-state index contributed by atoms with van der Waals surface area (Å²) in [5.41, 5.74) is 4.54. The molecule has 0 aliphatic carbocycles. The SMILES string of the molecule is CCOc1ccc(CCCC(=O)NN=Cc2ccc(OC)c(OC)c2)cc1. The van der Waals surface area contributed by atoms with Crippen LogP contribution >= 0.6 is 0 Å². The largest absolute Gasteiger partial charge is 0.494 e. The summed E-state index contributed by atoms with van der Waals surface area (Å²) in [6, 6.07) is 13.4. The van der Waals surface area contributed by atoms with Gasteiger partial charge in [0.2, 0.25) is 5.91 Å². The van der Waals surface area contributed by atoms with Crippen molar-refractivity contribution in [1.82, 2.24) is 5.43 Å². The van der Waals surface area contributed by atoms with E-state index in [0.29, 0.717) is 24.5 Å². The summed E-state index contributed by atoms with van der Waals surface area (Å²) in [6.45, 7) is 2.61. The maximum atomic E-state index is 11.9. The molecule has 0 aromatic heterocycles. The Balaban J connectivity index is 1.75. The second-order valence-corrected chi connectivity index (χ2v) is 5.84. The molecule has 0 heterocycles. The minimum atomic E-state index is -0.113. The van der Waals surface area contributed by atoms with Crippen LogP contribution < -0.4 is 19.6 Å². The molecule has 2 aromatic carbocycles. The van der Waals surface area contributed by atoms with E-state index in [1.165, 1.54) is 5.56 Å². The van der Waals surface area contributed by atoms with Gasteiger partial charge in [-0.3, -0.25) is 4.79 Å². The Morgan fingerprint density at radius 1 is 1.07 bits per heavy atom. The van der Waals surface area contributed by atoms with Gasteiger partial charge < -0.3 is 14.2 Å². The molecule has 0 spiro atoms. The molecule has 144 valence electrons. The molecule has 0 aliphatic rings. The molecule has 2 rings (SSSR count). The first-order valence-corrected chi connectivity index (χ1v) is 8.92. The predicted octanol–water partition coefficient (Wildman–Crippen LogP) is 3.58. The molecule has 1 N–H and O–H groups in total. The van der Waals surface area contributed by atoms with Crippen LogP contribution in [0.2, 0.25) is 0 Å². The third kappa shape index (κ3) is 6.66. The molecular weight excluding hydrogens is 344 g/mol. The minimum absolute atomic E-state index is 0.113. The molecule has 0 fully saturated rings. The van der Waals surface area contributed by atoms with Gasteiger partial charge in [-0.25, -0.2) is 5.43 Å². The molecule has 6 nitrogen and oxygen atoms in total. The molecule has 0 saturated carbocycles. The molecule has 0 radical (unpaired) electrons. The van der Waals surface area contributed by atoms with Gasteiger partial charge in [0.15, 0.2) is 11.5 Å². The molecule has 0 bridgehead atoms. The summed E-state index contributed by atoms with van der Waals surface area (Å²) in [5, 5.41) is 3.99. The third-order valence-corrected chi connectivity index (χ3v) is 3.91. The highest BCUT2D eigenvalue weighted by molar-refractivity contribution is 5.83. The summed E-state index contributed by atoms with van der Waals surface area (Å²) in [7, 11) is 3.16. The molecule has 0 unspecified atom stereocenters. The van der Waals surface area contributed by atoms with E-state index in [4.69, 9.17) is 14.2 Å². The Morgan fingerprint density at radius 2 is 1.81 bits per heavy atom. The maximum Gasteiger partial charge on any atom is 0.240 e. The van der Waals surface area contributed by atoms with E-state index in [-0.39, 0.29) is 5.91 Å². The number of nitrogens with zero attached hydrogens (tertiary/aromatic N) is 1. The molecule has 0 saturated heterocycles. The van der Waals surface area contributed by atoms with E-state index < -0.39 is 0 Å². The Kier molecular flexibility index (Phi) is 8.16. The lowest BCUT2D eigenvalue weighted by molar-refractivity contribution is -0.121. The van der Waals surface area contributed by atoms with Gasteiger partial charge in [0.25, 0.3) is 0 Å². The van der Waals surface area contributed by atoms with Crippen molar-refractivity contribution >= 4 is 12.1 Å². The lowest BCUT2D eigenvalue weighted by Crippen LogP contribution is -2.17. The Bertz CT molecular complexity index is 757. The quantitative estimate of drug-likeness (QED) is 0.513. The van der Waals surface area contributed by atoms with Gasteiger partial charge in [-0.1, -0.05) is 12.1 Å². The molecule has 0 atom stereocenters. The van der Waals surface area contributed by atoms with Gasteiger partial charge in [-0.15, -0.1) is 0 Å². The summed E-state index contributed by atoms with van der Waals surface area (Å²) >= 11 is 0. The fourth-order valence-electron chi connectivity index (χ4n) is 2.54. The number of aryl methyl sites for hydroxylation is 1. The van der Waals surface area contributed by atoms with E-state index in [2.05, 4.69) is 10.5 Å². The van der Waals surface area contributed by atoms with Crippen molar-refractivity contribution in [1.29, 1.82) is 0 Å². The maximum absolute atomic E-state index is 11.9. The Morgan fingerprint density at radius 3 is 2.48 bits per heavy atom. The van der Waals surface area contributed by atoms with Gasteiger partial charge >= 0.3 is 0 Å².